The first-order chi connectivity index (χ1) is 7.42. The van der Waals surface area contributed by atoms with Crippen molar-refractivity contribution >= 4 is 5.69 Å². The van der Waals surface area contributed by atoms with Gasteiger partial charge >= 0.3 is 0 Å². The Balaban J connectivity index is 1.57. The van der Waals surface area contributed by atoms with Gasteiger partial charge < -0.3 is 5.32 Å². The highest BCUT2D eigenvalue weighted by molar-refractivity contribution is 5.42. The van der Waals surface area contributed by atoms with E-state index in [9.17, 15) is 0 Å². The summed E-state index contributed by atoms with van der Waals surface area (Å²) in [6.45, 7) is 1.13. The predicted molar refractivity (Wildman–Crippen MR) is 63.8 cm³/mol. The Labute approximate surface area is 91.2 Å². The average molecular weight is 199 g/mol. The molecule has 0 spiro atoms. The number of fused-ring (bicyclic) bond motifs is 2. The molecule has 0 saturated heterocycles. The molecule has 0 unspecified atom stereocenters. The molecule has 1 N–H and O–H groups in total. The lowest BCUT2D eigenvalue weighted by molar-refractivity contribution is 0.472. The minimum atomic E-state index is 0.853. The van der Waals surface area contributed by atoms with Gasteiger partial charge in [0.05, 0.1) is 0 Å². The van der Waals surface area contributed by atoms with Crippen LogP contribution in [-0.4, -0.2) is 6.54 Å². The van der Waals surface area contributed by atoms with Gasteiger partial charge in [-0.05, 0) is 42.7 Å². The van der Waals surface area contributed by atoms with Crippen LogP contribution in [0.3, 0.4) is 0 Å². The number of hydrogen-bond acceptors (Lipinski definition) is 1. The van der Waals surface area contributed by atoms with Crippen LogP contribution in [0.15, 0.2) is 42.5 Å². The van der Waals surface area contributed by atoms with Gasteiger partial charge in [0.1, 0.15) is 0 Å². The van der Waals surface area contributed by atoms with Crippen LogP contribution in [-0.2, 0) is 0 Å². The fraction of sp³-hybridized carbons (Fsp3) is 0.429. The van der Waals surface area contributed by atoms with Gasteiger partial charge in [-0.2, -0.15) is 0 Å². The second-order valence-corrected chi connectivity index (χ2v) is 4.79. The molecule has 1 saturated carbocycles. The Morgan fingerprint density at radius 3 is 2.60 bits per heavy atom. The summed E-state index contributed by atoms with van der Waals surface area (Å²) in [6.07, 6.45) is 7.62. The third-order valence-corrected chi connectivity index (χ3v) is 3.76. The summed E-state index contributed by atoms with van der Waals surface area (Å²) < 4.78 is 0. The molecule has 1 nitrogen and oxygen atoms in total. The first-order valence-electron chi connectivity index (χ1n) is 5.89. The maximum Gasteiger partial charge on any atom is 0.0340 e. The Bertz CT molecular complexity index is 355. The van der Waals surface area contributed by atoms with Gasteiger partial charge in [0.2, 0.25) is 0 Å². The monoisotopic (exact) mass is 199 g/mol. The van der Waals surface area contributed by atoms with Crippen LogP contribution in [0.5, 0.6) is 0 Å². The molecule has 2 bridgehead atoms. The van der Waals surface area contributed by atoms with Crippen LogP contribution >= 0.6 is 0 Å². The van der Waals surface area contributed by atoms with Crippen molar-refractivity contribution in [2.45, 2.75) is 12.8 Å². The SMILES string of the molecule is C1=C[C@H]2C[C@H]1C[C@H]2CNc1ccccc1. The van der Waals surface area contributed by atoms with Crippen LogP contribution in [0.1, 0.15) is 12.8 Å². The molecule has 1 fully saturated rings. The first kappa shape index (κ1) is 9.02. The molecule has 78 valence electrons. The van der Waals surface area contributed by atoms with Crippen LogP contribution in [0, 0.1) is 17.8 Å². The molecule has 1 heteroatoms. The van der Waals surface area contributed by atoms with Crippen molar-refractivity contribution in [3.63, 3.8) is 0 Å². The van der Waals surface area contributed by atoms with E-state index in [2.05, 4.69) is 47.8 Å². The number of rotatable bonds is 3. The zero-order valence-corrected chi connectivity index (χ0v) is 8.89. The van der Waals surface area contributed by atoms with Gasteiger partial charge in [-0.3, -0.25) is 0 Å². The number of anilines is 1. The van der Waals surface area contributed by atoms with Gasteiger partial charge in [0.15, 0.2) is 0 Å². The summed E-state index contributed by atoms with van der Waals surface area (Å²) in [5, 5.41) is 3.54. The number of hydrogen-bond donors (Lipinski definition) is 1. The van der Waals surface area contributed by atoms with Gasteiger partial charge in [-0.15, -0.1) is 0 Å². The molecule has 0 amide bonds. The average Bonchev–Trinajstić information content (AvgIpc) is 2.89. The maximum absolute atomic E-state index is 3.54. The first-order valence-corrected chi connectivity index (χ1v) is 5.89. The van der Waals surface area contributed by atoms with Gasteiger partial charge in [-0.1, -0.05) is 30.4 Å². The molecule has 3 atom stereocenters. The van der Waals surface area contributed by atoms with Crippen molar-refractivity contribution < 1.29 is 0 Å². The molecule has 2 aliphatic rings. The molecule has 0 heterocycles. The maximum atomic E-state index is 3.54. The Hall–Kier alpha value is -1.24. The number of benzene rings is 1. The van der Waals surface area contributed by atoms with Gasteiger partial charge in [0, 0.05) is 12.2 Å². The van der Waals surface area contributed by atoms with E-state index in [1.54, 1.807) is 0 Å². The highest BCUT2D eigenvalue weighted by Gasteiger charge is 2.34. The van der Waals surface area contributed by atoms with Crippen molar-refractivity contribution in [1.82, 2.24) is 0 Å². The van der Waals surface area contributed by atoms with Crippen molar-refractivity contribution in [2.24, 2.45) is 17.8 Å². The summed E-state index contributed by atoms with van der Waals surface area (Å²) in [4.78, 5) is 0. The normalized spacial score (nSPS) is 32.1. The second kappa shape index (κ2) is 3.73. The minimum absolute atomic E-state index is 0.853. The third-order valence-electron chi connectivity index (χ3n) is 3.76. The van der Waals surface area contributed by atoms with E-state index in [1.165, 1.54) is 18.5 Å². The van der Waals surface area contributed by atoms with Crippen molar-refractivity contribution in [1.29, 1.82) is 0 Å². The molecule has 0 aromatic heterocycles. The Morgan fingerprint density at radius 2 is 1.93 bits per heavy atom. The van der Waals surface area contributed by atoms with E-state index in [0.717, 1.165) is 24.3 Å². The standard InChI is InChI=1S/C14H17N/c1-2-4-14(5-3-1)15-10-13-9-11-6-7-12(13)8-11/h1-7,11-13,15H,8-10H2/t11-,12-,13-/m0/s1. The van der Waals surface area contributed by atoms with Gasteiger partial charge in [0.25, 0.3) is 0 Å². The highest BCUT2D eigenvalue weighted by atomic mass is 14.9. The van der Waals surface area contributed by atoms with Gasteiger partial charge in [-0.25, -0.2) is 0 Å². The van der Waals surface area contributed by atoms with E-state index in [1.807, 2.05) is 0 Å². The number of allylic oxidation sites excluding steroid dienone is 2. The summed E-state index contributed by atoms with van der Waals surface area (Å²) in [5.74, 6) is 2.60. The molecule has 0 radical (unpaired) electrons. The zero-order chi connectivity index (χ0) is 10.1. The Kier molecular flexibility index (Phi) is 2.24. The molecular formula is C14H17N. The summed E-state index contributed by atoms with van der Waals surface area (Å²) in [5.41, 5.74) is 1.25. The minimum Gasteiger partial charge on any atom is -0.385 e. The van der Waals surface area contributed by atoms with Crippen LogP contribution in [0.25, 0.3) is 0 Å². The summed E-state index contributed by atoms with van der Waals surface area (Å²) in [7, 11) is 0. The summed E-state index contributed by atoms with van der Waals surface area (Å²) in [6, 6.07) is 10.5. The van der Waals surface area contributed by atoms with E-state index in [0.29, 0.717) is 0 Å². The lowest BCUT2D eigenvalue weighted by atomic mass is 9.93. The highest BCUT2D eigenvalue weighted by Crippen LogP contribution is 2.43. The fourth-order valence-corrected chi connectivity index (χ4v) is 2.93. The molecule has 1 aromatic carbocycles. The van der Waals surface area contributed by atoms with Crippen LogP contribution in [0.4, 0.5) is 5.69 Å². The van der Waals surface area contributed by atoms with Crippen molar-refractivity contribution in [3.8, 4) is 0 Å². The molecule has 0 aliphatic heterocycles. The predicted octanol–water partition coefficient (Wildman–Crippen LogP) is 3.31. The second-order valence-electron chi connectivity index (χ2n) is 4.79. The fourth-order valence-electron chi connectivity index (χ4n) is 2.93. The molecule has 15 heavy (non-hydrogen) atoms. The summed E-state index contributed by atoms with van der Waals surface area (Å²) >= 11 is 0. The molecule has 3 rings (SSSR count). The molecule has 2 aliphatic carbocycles. The quantitative estimate of drug-likeness (QED) is 0.736. The van der Waals surface area contributed by atoms with E-state index < -0.39 is 0 Å². The van der Waals surface area contributed by atoms with E-state index >= 15 is 0 Å². The zero-order valence-electron chi connectivity index (χ0n) is 8.89. The van der Waals surface area contributed by atoms with E-state index in [4.69, 9.17) is 0 Å². The van der Waals surface area contributed by atoms with Crippen LogP contribution in [0.2, 0.25) is 0 Å². The lowest BCUT2D eigenvalue weighted by Crippen LogP contribution is -2.18. The smallest absolute Gasteiger partial charge is 0.0340 e. The van der Waals surface area contributed by atoms with Crippen molar-refractivity contribution in [2.75, 3.05) is 11.9 Å². The van der Waals surface area contributed by atoms with Crippen molar-refractivity contribution in [3.05, 3.63) is 42.5 Å². The molecule has 1 aromatic rings. The number of nitrogens with one attached hydrogen (secondary N) is 1. The van der Waals surface area contributed by atoms with E-state index in [-0.39, 0.29) is 0 Å². The lowest BCUT2D eigenvalue weighted by Gasteiger charge is -2.19. The molecular weight excluding hydrogens is 182 g/mol. The van der Waals surface area contributed by atoms with Crippen LogP contribution < -0.4 is 5.32 Å². The topological polar surface area (TPSA) is 12.0 Å². The largest absolute Gasteiger partial charge is 0.385 e. The number of para-hydroxylation sites is 1. The third kappa shape index (κ3) is 1.79. The Morgan fingerprint density at radius 1 is 1.07 bits per heavy atom.